The van der Waals surface area contributed by atoms with Gasteiger partial charge in [0.2, 0.25) is 17.6 Å². The van der Waals surface area contributed by atoms with Crippen LogP contribution in [0.15, 0.2) is 29.8 Å². The topological polar surface area (TPSA) is 147 Å². The lowest BCUT2D eigenvalue weighted by atomic mass is 9.56. The van der Waals surface area contributed by atoms with Gasteiger partial charge in [0.05, 0.1) is 18.9 Å². The summed E-state index contributed by atoms with van der Waals surface area (Å²) in [4.78, 5) is 61.0. The highest BCUT2D eigenvalue weighted by molar-refractivity contribution is 6.58. The Bertz CT molecular complexity index is 1800. The van der Waals surface area contributed by atoms with Crippen molar-refractivity contribution in [2.45, 2.75) is 28.5 Å². The van der Waals surface area contributed by atoms with E-state index in [9.17, 15) is 42.3 Å². The third-order valence-electron chi connectivity index (χ3n) is 8.98. The number of hydrogen-bond acceptors (Lipinski definition) is 7. The molecule has 0 aromatic heterocycles. The average molecular weight is 674 g/mol. The van der Waals surface area contributed by atoms with Crippen LogP contribution in [0.4, 0.5) is 32.4 Å². The Morgan fingerprint density at radius 1 is 0.956 bits per heavy atom. The van der Waals surface area contributed by atoms with E-state index in [2.05, 4.69) is 0 Å². The number of carbonyl (C=O) groups excluding carboxylic acids is 5. The van der Waals surface area contributed by atoms with Crippen LogP contribution in [-0.2, 0) is 19.2 Å². The van der Waals surface area contributed by atoms with Gasteiger partial charge in [-0.15, -0.1) is 23.2 Å². The number of benzene rings is 2. The molecule has 6 amide bonds. The summed E-state index contributed by atoms with van der Waals surface area (Å²) in [7, 11) is 1.19. The number of imide groups is 4. The number of amides is 6. The van der Waals surface area contributed by atoms with Gasteiger partial charge in [-0.3, -0.25) is 19.2 Å². The largest absolute Gasteiger partial charge is 0.504 e. The molecular weight excluding hydrogens is 656 g/mol. The minimum atomic E-state index is -2.75. The molecule has 2 heterocycles. The molecule has 4 aliphatic rings. The van der Waals surface area contributed by atoms with Gasteiger partial charge in [0.15, 0.2) is 44.5 Å². The summed E-state index contributed by atoms with van der Waals surface area (Å²) in [6.07, 6.45) is 0.506. The smallest absolute Gasteiger partial charge is 0.328 e. The molecule has 0 unspecified atom stereocenters. The van der Waals surface area contributed by atoms with E-state index in [0.29, 0.717) is 0 Å². The van der Waals surface area contributed by atoms with Gasteiger partial charge in [0.25, 0.3) is 11.8 Å². The Hall–Kier alpha value is -4.24. The number of nitrogens with two attached hydrogens (primary N) is 1. The quantitative estimate of drug-likeness (QED) is 0.126. The van der Waals surface area contributed by atoms with Crippen LogP contribution in [-0.4, -0.2) is 56.5 Å². The van der Waals surface area contributed by atoms with Crippen LogP contribution >= 0.6 is 23.2 Å². The average Bonchev–Trinajstić information content (AvgIpc) is 3.34. The molecule has 6 rings (SSSR count). The van der Waals surface area contributed by atoms with Gasteiger partial charge in [0.1, 0.15) is 5.69 Å². The number of aromatic hydroxyl groups is 1. The molecule has 1 saturated carbocycles. The number of primary amides is 1. The lowest BCUT2D eigenvalue weighted by Gasteiger charge is -2.50. The molecule has 0 bridgehead atoms. The predicted octanol–water partition coefficient (Wildman–Crippen LogP) is 3.74. The highest BCUT2D eigenvalue weighted by atomic mass is 35.5. The Balaban J connectivity index is 1.62. The predicted molar refractivity (Wildman–Crippen MR) is 143 cm³/mol. The number of fused-ring (bicyclic) bond motifs is 4. The van der Waals surface area contributed by atoms with E-state index in [1.165, 1.54) is 25.3 Å². The molecule has 236 valence electrons. The number of methoxy groups -OCH3 is 1. The second-order valence-corrected chi connectivity index (χ2v) is 12.2. The molecule has 3 N–H and O–H groups in total. The number of alkyl halides is 2. The Morgan fingerprint density at radius 2 is 1.56 bits per heavy atom. The van der Waals surface area contributed by atoms with Gasteiger partial charge in [-0.25, -0.2) is 31.6 Å². The van der Waals surface area contributed by atoms with Gasteiger partial charge in [-0.1, -0.05) is 17.7 Å². The highest BCUT2D eigenvalue weighted by Gasteiger charge is 2.77. The van der Waals surface area contributed by atoms with Crippen LogP contribution in [0.3, 0.4) is 0 Å². The van der Waals surface area contributed by atoms with E-state index >= 15 is 8.78 Å². The second kappa shape index (κ2) is 9.88. The zero-order chi connectivity index (χ0) is 33.1. The van der Waals surface area contributed by atoms with Crippen molar-refractivity contribution in [3.05, 3.63) is 64.5 Å². The van der Waals surface area contributed by atoms with Gasteiger partial charge in [0, 0.05) is 5.92 Å². The fraction of sp³-hybridized carbons (Fsp3) is 0.321. The summed E-state index contributed by atoms with van der Waals surface area (Å²) in [5.41, 5.74) is 3.50. The molecule has 6 atom stereocenters. The molecule has 0 spiro atoms. The third kappa shape index (κ3) is 3.70. The summed E-state index contributed by atoms with van der Waals surface area (Å²) in [6.45, 7) is 0. The molecule has 2 aromatic rings. The zero-order valence-corrected chi connectivity index (χ0v) is 24.1. The number of urea groups is 1. The van der Waals surface area contributed by atoms with E-state index in [0.717, 1.165) is 6.07 Å². The Labute approximate surface area is 259 Å². The molecule has 2 saturated heterocycles. The van der Waals surface area contributed by atoms with Crippen molar-refractivity contribution in [1.29, 1.82) is 0 Å². The summed E-state index contributed by atoms with van der Waals surface area (Å²) in [5.74, 6) is -23.7. The number of allylic oxidation sites excluding steroid dienone is 2. The highest BCUT2D eigenvalue weighted by Crippen LogP contribution is 2.66. The first kappa shape index (κ1) is 30.8. The standard InChI is InChI=1S/C28H18Cl2F5N3O7/c1-45-13-6-8(2-5-12(13)39)15-9-3-4-10-14(23(41)38(22(10)40)26(36)44)11(9)7-27(29)24(42)37(25(43)28(15,27)30)21-19(34)17(32)16(31)18(33)20(21)35/h2-3,5-6,10-11,14-15,39H,4,7H2,1H3,(H2,36,44)/t10-,11+,14-,15-,27+,28-/m0/s1. The number of phenolic OH excluding ortho intramolecular Hbond substituents is 1. The van der Waals surface area contributed by atoms with Crippen molar-refractivity contribution in [1.82, 2.24) is 4.90 Å². The number of rotatable bonds is 3. The van der Waals surface area contributed by atoms with Crippen molar-refractivity contribution in [2.24, 2.45) is 23.5 Å². The van der Waals surface area contributed by atoms with E-state index in [4.69, 9.17) is 33.7 Å². The molecule has 3 fully saturated rings. The number of anilines is 1. The number of ether oxygens (including phenoxy) is 1. The van der Waals surface area contributed by atoms with Crippen LogP contribution in [0, 0.1) is 46.8 Å². The minimum Gasteiger partial charge on any atom is -0.504 e. The molecule has 2 aliphatic carbocycles. The Kier molecular flexibility index (Phi) is 6.76. The first-order valence-electron chi connectivity index (χ1n) is 13.1. The molecule has 10 nitrogen and oxygen atoms in total. The fourth-order valence-corrected chi connectivity index (χ4v) is 7.97. The van der Waals surface area contributed by atoms with E-state index in [1.54, 1.807) is 0 Å². The normalized spacial score (nSPS) is 30.7. The van der Waals surface area contributed by atoms with Gasteiger partial charge in [-0.05, 0) is 36.5 Å². The number of phenols is 1. The first-order valence-corrected chi connectivity index (χ1v) is 13.8. The number of likely N-dealkylation sites (tertiary alicyclic amines) is 1. The monoisotopic (exact) mass is 673 g/mol. The second-order valence-electron chi connectivity index (χ2n) is 11.0. The summed E-state index contributed by atoms with van der Waals surface area (Å²) in [5, 5.41) is 10.2. The number of hydrogen-bond donors (Lipinski definition) is 2. The Morgan fingerprint density at radius 3 is 2.13 bits per heavy atom. The van der Waals surface area contributed by atoms with Crippen LogP contribution in [0.5, 0.6) is 11.5 Å². The molecule has 2 aromatic carbocycles. The summed E-state index contributed by atoms with van der Waals surface area (Å²) < 4.78 is 77.7. The summed E-state index contributed by atoms with van der Waals surface area (Å²) in [6, 6.07) is 2.21. The van der Waals surface area contributed by atoms with Crippen LogP contribution in [0.25, 0.3) is 0 Å². The fourth-order valence-electron chi connectivity index (χ4n) is 7.03. The molecule has 45 heavy (non-hydrogen) atoms. The maximum atomic E-state index is 15.0. The molecular formula is C28H18Cl2F5N3O7. The molecule has 17 heteroatoms. The van der Waals surface area contributed by atoms with Crippen LogP contribution in [0.2, 0.25) is 0 Å². The maximum Gasteiger partial charge on any atom is 0.328 e. The minimum absolute atomic E-state index is 0.0167. The van der Waals surface area contributed by atoms with Crippen molar-refractivity contribution in [3.63, 3.8) is 0 Å². The van der Waals surface area contributed by atoms with Crippen LogP contribution < -0.4 is 15.4 Å². The van der Waals surface area contributed by atoms with Gasteiger partial charge in [-0.2, -0.15) is 4.90 Å². The van der Waals surface area contributed by atoms with Crippen molar-refractivity contribution >= 4 is 58.5 Å². The number of nitrogens with zero attached hydrogens (tertiary/aromatic N) is 2. The SMILES string of the molecule is COc1cc([C@H]2C3=CC[C@@H]4C(=O)N(C(N)=O)C(=O)[C@@H]4[C@@H]3C[C@@]3(Cl)C(=O)N(c4c(F)c(F)c(F)c(F)c4F)C(=O)[C@@]23Cl)ccc1O. The molecule has 0 radical (unpaired) electrons. The van der Waals surface area contributed by atoms with Crippen molar-refractivity contribution in [3.8, 4) is 11.5 Å². The first-order chi connectivity index (χ1) is 21.0. The van der Waals surface area contributed by atoms with E-state index < -0.39 is 104 Å². The third-order valence-corrected chi connectivity index (χ3v) is 10.4. The molecule has 2 aliphatic heterocycles. The van der Waals surface area contributed by atoms with Gasteiger partial charge < -0.3 is 15.6 Å². The van der Waals surface area contributed by atoms with Crippen molar-refractivity contribution in [2.75, 3.05) is 12.0 Å². The number of carbonyl (C=O) groups is 5. The number of halogens is 7. The van der Waals surface area contributed by atoms with Gasteiger partial charge >= 0.3 is 6.03 Å². The maximum absolute atomic E-state index is 15.0. The summed E-state index contributed by atoms with van der Waals surface area (Å²) >= 11 is 13.9. The van der Waals surface area contributed by atoms with Crippen molar-refractivity contribution < 1.29 is 55.8 Å². The van der Waals surface area contributed by atoms with E-state index in [-0.39, 0.29) is 38.9 Å². The zero-order valence-electron chi connectivity index (χ0n) is 22.5. The van der Waals surface area contributed by atoms with Crippen LogP contribution in [0.1, 0.15) is 24.3 Å². The lowest BCUT2D eigenvalue weighted by Crippen LogP contribution is -2.60. The lowest BCUT2D eigenvalue weighted by molar-refractivity contribution is -0.136. The van der Waals surface area contributed by atoms with E-state index in [1.807, 2.05) is 0 Å².